The van der Waals surface area contributed by atoms with E-state index in [0.29, 0.717) is 24.0 Å². The van der Waals surface area contributed by atoms with Crippen molar-refractivity contribution in [1.29, 1.82) is 0 Å². The maximum atomic E-state index is 12.8. The molecule has 2 aromatic rings. The predicted molar refractivity (Wildman–Crippen MR) is 91.3 cm³/mol. The first-order valence-electron chi connectivity index (χ1n) is 8.27. The molecule has 1 saturated heterocycles. The molecule has 142 valence electrons. The minimum atomic E-state index is -3.17. The monoisotopic (exact) mass is 384 g/mol. The van der Waals surface area contributed by atoms with Gasteiger partial charge in [-0.05, 0) is 37.1 Å². The van der Waals surface area contributed by atoms with Crippen molar-refractivity contribution in [2.45, 2.75) is 32.0 Å². The lowest BCUT2D eigenvalue weighted by molar-refractivity contribution is 0.177. The Morgan fingerprint density at radius 2 is 2.00 bits per heavy atom. The summed E-state index contributed by atoms with van der Waals surface area (Å²) >= 11 is 0. The van der Waals surface area contributed by atoms with Crippen LogP contribution in [-0.4, -0.2) is 48.8 Å². The number of hydrogen-bond acceptors (Lipinski definition) is 7. The number of halogens is 1. The van der Waals surface area contributed by atoms with Gasteiger partial charge in [0.15, 0.2) is 6.61 Å². The van der Waals surface area contributed by atoms with Gasteiger partial charge in [0.1, 0.15) is 11.6 Å². The fraction of sp³-hybridized carbons (Fsp3) is 0.500. The highest BCUT2D eigenvalue weighted by molar-refractivity contribution is 7.88. The molecule has 0 unspecified atom stereocenters. The molecule has 1 aliphatic heterocycles. The van der Waals surface area contributed by atoms with Crippen molar-refractivity contribution >= 4 is 10.0 Å². The van der Waals surface area contributed by atoms with Gasteiger partial charge in [0, 0.05) is 19.1 Å². The van der Waals surface area contributed by atoms with Gasteiger partial charge in [-0.25, -0.2) is 17.5 Å². The third-order valence-corrected chi connectivity index (χ3v) is 4.78. The molecule has 10 heteroatoms. The van der Waals surface area contributed by atoms with Gasteiger partial charge in [0.2, 0.25) is 21.7 Å². The lowest BCUT2D eigenvalue weighted by Crippen LogP contribution is -2.44. The van der Waals surface area contributed by atoms with Crippen molar-refractivity contribution in [1.82, 2.24) is 19.8 Å². The number of benzene rings is 1. The smallest absolute Gasteiger partial charge is 0.240 e. The third-order valence-electron chi connectivity index (χ3n) is 4.02. The molecule has 1 fully saturated rings. The number of hydrogen-bond donors (Lipinski definition) is 1. The van der Waals surface area contributed by atoms with E-state index < -0.39 is 10.0 Å². The van der Waals surface area contributed by atoms with Crippen molar-refractivity contribution < 1.29 is 22.1 Å². The number of likely N-dealkylation sites (tertiary alicyclic amines) is 1. The van der Waals surface area contributed by atoms with Crippen LogP contribution < -0.4 is 9.46 Å². The van der Waals surface area contributed by atoms with Crippen LogP contribution in [0.5, 0.6) is 5.75 Å². The largest absolute Gasteiger partial charge is 0.485 e. The van der Waals surface area contributed by atoms with Crippen LogP contribution >= 0.6 is 0 Å². The minimum Gasteiger partial charge on any atom is -0.485 e. The van der Waals surface area contributed by atoms with Crippen LogP contribution in [0.25, 0.3) is 0 Å². The topological polar surface area (TPSA) is 97.6 Å². The maximum absolute atomic E-state index is 12.8. The average Bonchev–Trinajstić information content (AvgIpc) is 3.02. The van der Waals surface area contributed by atoms with Gasteiger partial charge >= 0.3 is 0 Å². The number of nitrogens with zero attached hydrogens (tertiary/aromatic N) is 3. The Hall–Kier alpha value is -2.04. The number of nitrogens with one attached hydrogen (secondary N) is 1. The quantitative estimate of drug-likeness (QED) is 0.768. The average molecular weight is 384 g/mol. The molecule has 1 aromatic carbocycles. The van der Waals surface area contributed by atoms with Crippen molar-refractivity contribution in [2.24, 2.45) is 0 Å². The molecule has 1 aliphatic rings. The fourth-order valence-corrected chi connectivity index (χ4v) is 3.64. The highest BCUT2D eigenvalue weighted by Gasteiger charge is 2.23. The van der Waals surface area contributed by atoms with E-state index in [4.69, 9.17) is 9.26 Å². The maximum Gasteiger partial charge on any atom is 0.240 e. The van der Waals surface area contributed by atoms with Crippen LogP contribution in [0.4, 0.5) is 4.39 Å². The van der Waals surface area contributed by atoms with E-state index in [2.05, 4.69) is 19.8 Å². The van der Waals surface area contributed by atoms with Crippen LogP contribution in [0.3, 0.4) is 0 Å². The highest BCUT2D eigenvalue weighted by atomic mass is 32.2. The zero-order valence-electron chi connectivity index (χ0n) is 14.4. The van der Waals surface area contributed by atoms with E-state index in [1.807, 2.05) is 0 Å². The molecule has 0 saturated carbocycles. The van der Waals surface area contributed by atoms with Crippen LogP contribution in [0.1, 0.15) is 24.6 Å². The van der Waals surface area contributed by atoms with E-state index in [9.17, 15) is 12.8 Å². The van der Waals surface area contributed by atoms with Gasteiger partial charge in [0.05, 0.1) is 12.8 Å². The molecule has 1 aromatic heterocycles. The molecular formula is C16H21FN4O4S. The van der Waals surface area contributed by atoms with E-state index in [1.54, 1.807) is 0 Å². The summed E-state index contributed by atoms with van der Waals surface area (Å²) in [7, 11) is -3.17. The molecule has 0 atom stereocenters. The van der Waals surface area contributed by atoms with Gasteiger partial charge in [-0.3, -0.25) is 4.90 Å². The first kappa shape index (κ1) is 18.7. The molecule has 26 heavy (non-hydrogen) atoms. The van der Waals surface area contributed by atoms with Crippen LogP contribution in [-0.2, 0) is 23.2 Å². The second-order valence-electron chi connectivity index (χ2n) is 6.29. The standard InChI is InChI=1S/C16H21FN4O4S/c1-26(22,23)20-13-6-8-21(9-7-13)10-16-18-15(19-25-16)11-24-14-4-2-12(17)3-5-14/h2-5,13,20H,6-11H2,1H3. The summed E-state index contributed by atoms with van der Waals surface area (Å²) < 4.78 is 48.7. The van der Waals surface area contributed by atoms with Gasteiger partial charge in [0.25, 0.3) is 0 Å². The Kier molecular flexibility index (Phi) is 5.84. The van der Waals surface area contributed by atoms with Gasteiger partial charge in [-0.2, -0.15) is 4.98 Å². The summed E-state index contributed by atoms with van der Waals surface area (Å²) in [6.45, 7) is 2.14. The Morgan fingerprint density at radius 3 is 2.65 bits per heavy atom. The summed E-state index contributed by atoms with van der Waals surface area (Å²) in [6, 6.07) is 5.68. The van der Waals surface area contributed by atoms with E-state index >= 15 is 0 Å². The number of piperidine rings is 1. The Morgan fingerprint density at radius 1 is 1.31 bits per heavy atom. The predicted octanol–water partition coefficient (Wildman–Crippen LogP) is 1.30. The van der Waals surface area contributed by atoms with Crippen molar-refractivity contribution in [3.63, 3.8) is 0 Å². The van der Waals surface area contributed by atoms with E-state index in [1.165, 1.54) is 30.5 Å². The zero-order valence-corrected chi connectivity index (χ0v) is 15.2. The number of aromatic nitrogens is 2. The Labute approximate surface area is 151 Å². The summed E-state index contributed by atoms with van der Waals surface area (Å²) in [5.74, 6) is 1.10. The molecule has 1 N–H and O–H groups in total. The lowest BCUT2D eigenvalue weighted by atomic mass is 10.1. The van der Waals surface area contributed by atoms with Crippen LogP contribution in [0, 0.1) is 5.82 Å². The molecular weight excluding hydrogens is 363 g/mol. The van der Waals surface area contributed by atoms with Crippen LogP contribution in [0.15, 0.2) is 28.8 Å². The highest BCUT2D eigenvalue weighted by Crippen LogP contribution is 2.15. The Bertz CT molecular complexity index is 817. The molecule has 0 radical (unpaired) electrons. The third kappa shape index (κ3) is 5.75. The lowest BCUT2D eigenvalue weighted by Gasteiger charge is -2.30. The van der Waals surface area contributed by atoms with Gasteiger partial charge in [-0.15, -0.1) is 0 Å². The molecule has 0 amide bonds. The van der Waals surface area contributed by atoms with Crippen molar-refractivity contribution in [3.8, 4) is 5.75 Å². The molecule has 2 heterocycles. The molecule has 8 nitrogen and oxygen atoms in total. The molecule has 0 aliphatic carbocycles. The summed E-state index contributed by atoms with van der Waals surface area (Å²) in [5, 5.41) is 3.87. The van der Waals surface area contributed by atoms with Gasteiger partial charge in [-0.1, -0.05) is 5.16 Å². The Balaban J connectivity index is 1.44. The first-order chi connectivity index (χ1) is 12.4. The van der Waals surface area contributed by atoms with Crippen molar-refractivity contribution in [3.05, 3.63) is 41.8 Å². The summed E-state index contributed by atoms with van der Waals surface area (Å²) in [6.07, 6.45) is 2.65. The zero-order chi connectivity index (χ0) is 18.6. The second-order valence-corrected chi connectivity index (χ2v) is 8.07. The van der Waals surface area contributed by atoms with Crippen LogP contribution in [0.2, 0.25) is 0 Å². The SMILES string of the molecule is CS(=O)(=O)NC1CCN(Cc2nc(COc3ccc(F)cc3)no2)CC1. The summed E-state index contributed by atoms with van der Waals surface area (Å²) in [4.78, 5) is 6.42. The molecule has 0 spiro atoms. The van der Waals surface area contributed by atoms with Gasteiger partial charge < -0.3 is 9.26 Å². The molecule has 0 bridgehead atoms. The fourth-order valence-electron chi connectivity index (χ4n) is 2.79. The van der Waals surface area contributed by atoms with E-state index in [0.717, 1.165) is 25.9 Å². The summed E-state index contributed by atoms with van der Waals surface area (Å²) in [5.41, 5.74) is 0. The van der Waals surface area contributed by atoms with E-state index in [-0.39, 0.29) is 18.5 Å². The molecule has 3 rings (SSSR count). The number of sulfonamides is 1. The van der Waals surface area contributed by atoms with Crippen molar-refractivity contribution in [2.75, 3.05) is 19.3 Å². The second kappa shape index (κ2) is 8.11. The first-order valence-corrected chi connectivity index (χ1v) is 10.2. The normalized spacial score (nSPS) is 16.7. The number of ether oxygens (including phenoxy) is 1. The minimum absolute atomic E-state index is 0.0244. The number of rotatable bonds is 7.